The van der Waals surface area contributed by atoms with Crippen LogP contribution in [0, 0.1) is 0 Å². The number of anilines is 1. The second-order valence-corrected chi connectivity index (χ2v) is 6.25. The molecule has 0 radical (unpaired) electrons. The van der Waals surface area contributed by atoms with Gasteiger partial charge in [0.25, 0.3) is 5.91 Å². The van der Waals surface area contributed by atoms with E-state index in [1.165, 1.54) is 12.4 Å². The van der Waals surface area contributed by atoms with E-state index in [0.29, 0.717) is 12.1 Å². The first-order valence-electron chi connectivity index (χ1n) is 7.53. The quantitative estimate of drug-likeness (QED) is 0.658. The van der Waals surface area contributed by atoms with Crippen LogP contribution in [0.5, 0.6) is 0 Å². The lowest BCUT2D eigenvalue weighted by atomic mass is 9.89. The lowest BCUT2D eigenvalue weighted by Gasteiger charge is -2.20. The number of hydrogen-bond donors (Lipinski definition) is 3. The smallest absolute Gasteiger partial charge is 0.321 e. The minimum absolute atomic E-state index is 0. The Bertz CT molecular complexity index is 764. The molecule has 0 saturated heterocycles. The number of carbonyl (C=O) groups excluding carboxylic acids is 1. The molecule has 1 aromatic carbocycles. The topological polar surface area (TPSA) is 105 Å². The summed E-state index contributed by atoms with van der Waals surface area (Å²) in [6.45, 7) is 1.87. The Labute approximate surface area is 167 Å². The molecule has 0 fully saturated rings. The van der Waals surface area contributed by atoms with Crippen LogP contribution in [0.2, 0.25) is 10.0 Å². The third kappa shape index (κ3) is 5.08. The van der Waals surface area contributed by atoms with Crippen LogP contribution in [-0.4, -0.2) is 28.0 Å². The fourth-order valence-electron chi connectivity index (χ4n) is 2.50. The van der Waals surface area contributed by atoms with Crippen LogP contribution >= 0.6 is 35.6 Å². The molecule has 2 aromatic rings. The van der Waals surface area contributed by atoms with Crippen molar-refractivity contribution < 1.29 is 14.7 Å². The maximum atomic E-state index is 12.3. The summed E-state index contributed by atoms with van der Waals surface area (Å²) in [7, 11) is 0. The molecular weight excluding hydrogens is 401 g/mol. The van der Waals surface area contributed by atoms with Crippen LogP contribution in [0.15, 0.2) is 36.7 Å². The average Bonchev–Trinajstić information content (AvgIpc) is 2.56. The number of aromatic nitrogens is 1. The van der Waals surface area contributed by atoms with Crippen molar-refractivity contribution in [3.05, 3.63) is 57.8 Å². The Morgan fingerprint density at radius 2 is 1.73 bits per heavy atom. The zero-order valence-electron chi connectivity index (χ0n) is 13.8. The second-order valence-electron chi connectivity index (χ2n) is 5.43. The lowest BCUT2D eigenvalue weighted by molar-refractivity contribution is -0.139. The summed E-state index contributed by atoms with van der Waals surface area (Å²) in [6.07, 6.45) is 3.26. The first-order chi connectivity index (χ1) is 11.8. The van der Waals surface area contributed by atoms with E-state index >= 15 is 0 Å². The van der Waals surface area contributed by atoms with Crippen LogP contribution in [0.25, 0.3) is 0 Å². The number of nitrogens with zero attached hydrogens (tertiary/aromatic N) is 1. The highest BCUT2D eigenvalue weighted by atomic mass is 35.5. The van der Waals surface area contributed by atoms with Crippen molar-refractivity contribution in [3.63, 3.8) is 0 Å². The summed E-state index contributed by atoms with van der Waals surface area (Å²) in [4.78, 5) is 27.2. The van der Waals surface area contributed by atoms with Crippen molar-refractivity contribution in [1.29, 1.82) is 0 Å². The number of halogens is 3. The van der Waals surface area contributed by atoms with E-state index in [2.05, 4.69) is 10.3 Å². The third-order valence-electron chi connectivity index (χ3n) is 3.84. The molecule has 1 aromatic heterocycles. The van der Waals surface area contributed by atoms with Crippen molar-refractivity contribution in [2.75, 3.05) is 5.32 Å². The Hall–Kier alpha value is -1.86. The highest BCUT2D eigenvalue weighted by Gasteiger charge is 2.24. The molecular formula is C17H18Cl3N3O3. The van der Waals surface area contributed by atoms with Gasteiger partial charge in [-0.25, -0.2) is 0 Å². The maximum absolute atomic E-state index is 12.3. The predicted molar refractivity (Wildman–Crippen MR) is 105 cm³/mol. The number of rotatable bonds is 6. The summed E-state index contributed by atoms with van der Waals surface area (Å²) >= 11 is 11.9. The Balaban J connectivity index is 0.00000338. The molecule has 2 rings (SSSR count). The number of amides is 1. The van der Waals surface area contributed by atoms with Gasteiger partial charge in [-0.1, -0.05) is 42.3 Å². The Morgan fingerprint density at radius 3 is 2.19 bits per heavy atom. The Morgan fingerprint density at radius 1 is 1.19 bits per heavy atom. The van der Waals surface area contributed by atoms with Crippen molar-refractivity contribution in [2.45, 2.75) is 25.3 Å². The van der Waals surface area contributed by atoms with E-state index in [4.69, 9.17) is 34.0 Å². The lowest BCUT2D eigenvalue weighted by Crippen LogP contribution is -2.36. The number of nitrogens with two attached hydrogens (primary N) is 1. The fourth-order valence-corrected chi connectivity index (χ4v) is 3.04. The van der Waals surface area contributed by atoms with Gasteiger partial charge in [-0.2, -0.15) is 0 Å². The van der Waals surface area contributed by atoms with Crippen molar-refractivity contribution >= 4 is 53.2 Å². The SMILES string of the molecule is CCC(c1ccc(NC(=O)c2c(Cl)cncc2Cl)cc1)[C@H](N)C(=O)O.Cl. The van der Waals surface area contributed by atoms with Crippen LogP contribution < -0.4 is 11.1 Å². The van der Waals surface area contributed by atoms with Gasteiger partial charge in [0.05, 0.1) is 15.6 Å². The molecule has 4 N–H and O–H groups in total. The van der Waals surface area contributed by atoms with Crippen LogP contribution in [0.4, 0.5) is 5.69 Å². The third-order valence-corrected chi connectivity index (χ3v) is 4.41. The van der Waals surface area contributed by atoms with Crippen molar-refractivity contribution in [2.24, 2.45) is 5.73 Å². The summed E-state index contributed by atoms with van der Waals surface area (Å²) in [5, 5.41) is 12.1. The van der Waals surface area contributed by atoms with E-state index < -0.39 is 17.9 Å². The number of aliphatic carboxylic acids is 1. The van der Waals surface area contributed by atoms with E-state index in [9.17, 15) is 9.59 Å². The fraction of sp³-hybridized carbons (Fsp3) is 0.235. The molecule has 0 saturated carbocycles. The van der Waals surface area contributed by atoms with Gasteiger partial charge in [-0.3, -0.25) is 14.6 Å². The normalized spacial score (nSPS) is 12.6. The molecule has 1 unspecified atom stereocenters. The largest absolute Gasteiger partial charge is 0.480 e. The van der Waals surface area contributed by atoms with E-state index in [1.54, 1.807) is 24.3 Å². The first-order valence-corrected chi connectivity index (χ1v) is 8.29. The monoisotopic (exact) mass is 417 g/mol. The molecule has 26 heavy (non-hydrogen) atoms. The molecule has 1 heterocycles. The van der Waals surface area contributed by atoms with Crippen molar-refractivity contribution in [3.8, 4) is 0 Å². The van der Waals surface area contributed by atoms with Gasteiger partial charge >= 0.3 is 5.97 Å². The van der Waals surface area contributed by atoms with E-state index in [0.717, 1.165) is 5.56 Å². The van der Waals surface area contributed by atoms with Gasteiger partial charge in [-0.15, -0.1) is 12.4 Å². The number of hydrogen-bond acceptors (Lipinski definition) is 4. The predicted octanol–water partition coefficient (Wildman–Crippen LogP) is 3.97. The zero-order chi connectivity index (χ0) is 18.6. The number of pyridine rings is 1. The van der Waals surface area contributed by atoms with Gasteiger partial charge in [-0.05, 0) is 24.1 Å². The van der Waals surface area contributed by atoms with Crippen molar-refractivity contribution in [1.82, 2.24) is 4.98 Å². The molecule has 2 atom stereocenters. The highest BCUT2D eigenvalue weighted by Crippen LogP contribution is 2.26. The molecule has 0 spiro atoms. The standard InChI is InChI=1S/C17H17Cl2N3O3.ClH/c1-2-11(15(20)17(24)25)9-3-5-10(6-4-9)22-16(23)14-12(18)7-21-8-13(14)19;/h3-8,11,15H,2,20H2,1H3,(H,22,23)(H,24,25);1H/t11?,15-;/m0./s1. The number of nitrogens with one attached hydrogen (secondary N) is 1. The Kier molecular flexibility index (Phi) is 8.30. The second kappa shape index (κ2) is 9.73. The van der Waals surface area contributed by atoms with Gasteiger partial charge in [0.15, 0.2) is 0 Å². The van der Waals surface area contributed by atoms with Crippen LogP contribution in [0.3, 0.4) is 0 Å². The van der Waals surface area contributed by atoms with Gasteiger partial charge in [0.1, 0.15) is 6.04 Å². The molecule has 0 aliphatic heterocycles. The van der Waals surface area contributed by atoms with E-state index in [1.807, 2.05) is 6.92 Å². The minimum atomic E-state index is -1.05. The van der Waals surface area contributed by atoms with Gasteiger partial charge in [0, 0.05) is 24.0 Å². The molecule has 1 amide bonds. The number of carbonyl (C=O) groups is 2. The maximum Gasteiger partial charge on any atom is 0.321 e. The summed E-state index contributed by atoms with van der Waals surface area (Å²) in [6, 6.07) is 5.84. The molecule has 0 bridgehead atoms. The molecule has 6 nitrogen and oxygen atoms in total. The van der Waals surface area contributed by atoms with E-state index in [-0.39, 0.29) is 33.9 Å². The summed E-state index contributed by atoms with van der Waals surface area (Å²) < 4.78 is 0. The highest BCUT2D eigenvalue weighted by molar-refractivity contribution is 6.40. The first kappa shape index (κ1) is 22.2. The van der Waals surface area contributed by atoms with Gasteiger partial charge < -0.3 is 16.2 Å². The van der Waals surface area contributed by atoms with Gasteiger partial charge in [0.2, 0.25) is 0 Å². The molecule has 0 aliphatic rings. The molecule has 9 heteroatoms. The van der Waals surface area contributed by atoms with Crippen LogP contribution in [-0.2, 0) is 4.79 Å². The van der Waals surface area contributed by atoms with Crippen LogP contribution in [0.1, 0.15) is 35.2 Å². The minimum Gasteiger partial charge on any atom is -0.480 e. The average molecular weight is 419 g/mol. The number of carboxylic acid groups (broad SMARTS) is 1. The zero-order valence-corrected chi connectivity index (χ0v) is 16.1. The summed E-state index contributed by atoms with van der Waals surface area (Å²) in [5.74, 6) is -1.82. The molecule has 0 aliphatic carbocycles. The summed E-state index contributed by atoms with van der Waals surface area (Å²) in [5.41, 5.74) is 7.18. The number of benzene rings is 1. The molecule has 140 valence electrons. The number of carboxylic acids is 1.